The predicted molar refractivity (Wildman–Crippen MR) is 118 cm³/mol. The molecule has 0 bridgehead atoms. The molecule has 2 N–H and O–H groups in total. The summed E-state index contributed by atoms with van der Waals surface area (Å²) < 4.78 is 16.2. The van der Waals surface area contributed by atoms with Crippen molar-refractivity contribution in [2.75, 3.05) is 27.9 Å². The molecule has 2 atom stereocenters. The maximum absolute atomic E-state index is 5.50. The Kier molecular flexibility index (Phi) is 10.5. The van der Waals surface area contributed by atoms with E-state index in [1.54, 1.807) is 21.3 Å². The van der Waals surface area contributed by atoms with E-state index < -0.39 is 0 Å². The van der Waals surface area contributed by atoms with Crippen LogP contribution >= 0.6 is 24.8 Å². The third-order valence-corrected chi connectivity index (χ3v) is 4.95. The fraction of sp³-hybridized carbons (Fsp3) is 0.429. The average Bonchev–Trinajstić information content (AvgIpc) is 2.72. The molecule has 0 amide bonds. The fourth-order valence-corrected chi connectivity index (χ4v) is 3.55. The summed E-state index contributed by atoms with van der Waals surface area (Å²) in [5.41, 5.74) is 2.35. The van der Waals surface area contributed by atoms with Crippen molar-refractivity contribution >= 4 is 24.8 Å². The van der Waals surface area contributed by atoms with E-state index >= 15 is 0 Å². The van der Waals surface area contributed by atoms with Crippen molar-refractivity contribution in [1.29, 1.82) is 0 Å². The second-order valence-corrected chi connectivity index (χ2v) is 6.52. The predicted octanol–water partition coefficient (Wildman–Crippen LogP) is 4.14. The van der Waals surface area contributed by atoms with Gasteiger partial charge in [-0.1, -0.05) is 12.1 Å². The molecular weight excluding hydrogens is 399 g/mol. The molecule has 1 heterocycles. The molecule has 28 heavy (non-hydrogen) atoms. The monoisotopic (exact) mass is 428 g/mol. The standard InChI is InChI=1S/C21H28N2O3.2ClH/c1-24-17-7-4-6-15(12-17)21-19(8-5-11-22-21)23-14-16-13-18(25-2)9-10-20(16)26-3;;/h4,6-7,9-10,12-13,19,21-23H,5,8,11,14H2,1-3H3;2*1H. The summed E-state index contributed by atoms with van der Waals surface area (Å²) in [5, 5.41) is 7.36. The van der Waals surface area contributed by atoms with Crippen LogP contribution in [-0.2, 0) is 6.54 Å². The largest absolute Gasteiger partial charge is 0.497 e. The van der Waals surface area contributed by atoms with E-state index in [1.165, 1.54) is 5.56 Å². The van der Waals surface area contributed by atoms with Gasteiger partial charge in [0.05, 0.1) is 21.3 Å². The number of methoxy groups -OCH3 is 3. The van der Waals surface area contributed by atoms with Gasteiger partial charge in [-0.15, -0.1) is 24.8 Å². The molecule has 1 fully saturated rings. The SMILES string of the molecule is COc1cccc(C2NCCCC2NCc2cc(OC)ccc2OC)c1.Cl.Cl. The minimum absolute atomic E-state index is 0. The normalized spacial score (nSPS) is 18.4. The zero-order valence-corrected chi connectivity index (χ0v) is 18.2. The molecule has 2 aromatic carbocycles. The van der Waals surface area contributed by atoms with Crippen LogP contribution < -0.4 is 24.8 Å². The molecule has 156 valence electrons. The van der Waals surface area contributed by atoms with Crippen molar-refractivity contribution in [3.8, 4) is 17.2 Å². The first-order valence-electron chi connectivity index (χ1n) is 9.06. The molecule has 5 nitrogen and oxygen atoms in total. The zero-order chi connectivity index (χ0) is 18.4. The maximum Gasteiger partial charge on any atom is 0.123 e. The Hall–Kier alpha value is -1.66. The Morgan fingerprint density at radius 3 is 2.43 bits per heavy atom. The third-order valence-electron chi connectivity index (χ3n) is 4.95. The fourth-order valence-electron chi connectivity index (χ4n) is 3.55. The highest BCUT2D eigenvalue weighted by atomic mass is 35.5. The van der Waals surface area contributed by atoms with Gasteiger partial charge in [-0.2, -0.15) is 0 Å². The molecule has 0 saturated carbocycles. The van der Waals surface area contributed by atoms with E-state index in [9.17, 15) is 0 Å². The summed E-state index contributed by atoms with van der Waals surface area (Å²) in [6.07, 6.45) is 2.29. The first-order chi connectivity index (χ1) is 12.7. The maximum atomic E-state index is 5.50. The van der Waals surface area contributed by atoms with E-state index in [2.05, 4.69) is 22.8 Å². The zero-order valence-electron chi connectivity index (χ0n) is 16.6. The highest BCUT2D eigenvalue weighted by molar-refractivity contribution is 5.85. The summed E-state index contributed by atoms with van der Waals surface area (Å²) in [4.78, 5) is 0. The van der Waals surface area contributed by atoms with Crippen LogP contribution in [-0.4, -0.2) is 33.9 Å². The van der Waals surface area contributed by atoms with Gasteiger partial charge in [-0.05, 0) is 55.3 Å². The molecule has 0 aromatic heterocycles. The molecule has 0 spiro atoms. The molecule has 2 aromatic rings. The van der Waals surface area contributed by atoms with E-state index in [4.69, 9.17) is 14.2 Å². The smallest absolute Gasteiger partial charge is 0.123 e. The summed E-state index contributed by atoms with van der Waals surface area (Å²) in [5.74, 6) is 2.61. The van der Waals surface area contributed by atoms with Crippen LogP contribution in [0.25, 0.3) is 0 Å². The Balaban J connectivity index is 0.00000196. The van der Waals surface area contributed by atoms with Crippen molar-refractivity contribution in [3.05, 3.63) is 53.6 Å². The van der Waals surface area contributed by atoms with E-state index in [1.807, 2.05) is 30.3 Å². The second-order valence-electron chi connectivity index (χ2n) is 6.52. The Labute approximate surface area is 180 Å². The lowest BCUT2D eigenvalue weighted by Gasteiger charge is -2.34. The first-order valence-corrected chi connectivity index (χ1v) is 9.06. The van der Waals surface area contributed by atoms with Crippen LogP contribution in [0.3, 0.4) is 0 Å². The van der Waals surface area contributed by atoms with Crippen molar-refractivity contribution in [2.45, 2.75) is 31.5 Å². The molecule has 2 unspecified atom stereocenters. The number of ether oxygens (including phenoxy) is 3. The van der Waals surface area contributed by atoms with Gasteiger partial charge in [0, 0.05) is 24.2 Å². The molecule has 7 heteroatoms. The number of piperidine rings is 1. The van der Waals surface area contributed by atoms with Crippen molar-refractivity contribution in [1.82, 2.24) is 10.6 Å². The topological polar surface area (TPSA) is 51.8 Å². The Morgan fingerprint density at radius 1 is 0.964 bits per heavy atom. The third kappa shape index (κ3) is 5.92. The van der Waals surface area contributed by atoms with Crippen LogP contribution in [0.1, 0.15) is 30.0 Å². The minimum atomic E-state index is 0. The Morgan fingerprint density at radius 2 is 1.71 bits per heavy atom. The highest BCUT2D eigenvalue weighted by Crippen LogP contribution is 2.28. The number of hydrogen-bond donors (Lipinski definition) is 2. The lowest BCUT2D eigenvalue weighted by molar-refractivity contribution is 0.301. The molecule has 3 rings (SSSR count). The van der Waals surface area contributed by atoms with Crippen molar-refractivity contribution in [3.63, 3.8) is 0 Å². The highest BCUT2D eigenvalue weighted by Gasteiger charge is 2.26. The van der Waals surface area contributed by atoms with Crippen LogP contribution in [0.4, 0.5) is 0 Å². The number of hydrogen-bond acceptors (Lipinski definition) is 5. The molecular formula is C21H30Cl2N2O3. The van der Waals surface area contributed by atoms with Gasteiger partial charge in [0.1, 0.15) is 17.2 Å². The van der Waals surface area contributed by atoms with Gasteiger partial charge < -0.3 is 24.8 Å². The van der Waals surface area contributed by atoms with Gasteiger partial charge >= 0.3 is 0 Å². The van der Waals surface area contributed by atoms with Crippen LogP contribution in [0.2, 0.25) is 0 Å². The average molecular weight is 429 g/mol. The number of rotatable bonds is 7. The van der Waals surface area contributed by atoms with Gasteiger partial charge in [-0.25, -0.2) is 0 Å². The minimum Gasteiger partial charge on any atom is -0.497 e. The van der Waals surface area contributed by atoms with Crippen LogP contribution in [0, 0.1) is 0 Å². The lowest BCUT2D eigenvalue weighted by Crippen LogP contribution is -2.45. The molecule has 0 radical (unpaired) electrons. The van der Waals surface area contributed by atoms with E-state index in [0.717, 1.165) is 48.7 Å². The van der Waals surface area contributed by atoms with Gasteiger partial charge in [0.2, 0.25) is 0 Å². The van der Waals surface area contributed by atoms with Crippen LogP contribution in [0.5, 0.6) is 17.2 Å². The van der Waals surface area contributed by atoms with Gasteiger partial charge in [0.15, 0.2) is 0 Å². The van der Waals surface area contributed by atoms with Crippen LogP contribution in [0.15, 0.2) is 42.5 Å². The summed E-state index contributed by atoms with van der Waals surface area (Å²) in [7, 11) is 5.09. The first kappa shape index (κ1) is 24.4. The van der Waals surface area contributed by atoms with Gasteiger partial charge in [0.25, 0.3) is 0 Å². The van der Waals surface area contributed by atoms with E-state index in [0.29, 0.717) is 6.04 Å². The van der Waals surface area contributed by atoms with E-state index in [-0.39, 0.29) is 30.9 Å². The number of nitrogens with one attached hydrogen (secondary N) is 2. The second kappa shape index (κ2) is 12.0. The molecule has 1 saturated heterocycles. The quantitative estimate of drug-likeness (QED) is 0.693. The summed E-state index contributed by atoms with van der Waals surface area (Å²) in [6, 6.07) is 14.8. The number of halogens is 2. The molecule has 1 aliphatic rings. The number of benzene rings is 2. The van der Waals surface area contributed by atoms with Crippen molar-refractivity contribution in [2.24, 2.45) is 0 Å². The van der Waals surface area contributed by atoms with Gasteiger partial charge in [-0.3, -0.25) is 0 Å². The molecule has 0 aliphatic carbocycles. The molecule has 1 aliphatic heterocycles. The van der Waals surface area contributed by atoms with Crippen molar-refractivity contribution < 1.29 is 14.2 Å². The Bertz CT molecular complexity index is 731. The lowest BCUT2D eigenvalue weighted by atomic mass is 9.92. The summed E-state index contributed by atoms with van der Waals surface area (Å²) >= 11 is 0. The summed E-state index contributed by atoms with van der Waals surface area (Å²) in [6.45, 7) is 1.76.